The van der Waals surface area contributed by atoms with Crippen molar-refractivity contribution in [1.29, 1.82) is 0 Å². The molecule has 1 rings (SSSR count). The molecule has 0 aromatic carbocycles. The number of esters is 1. The zero-order chi connectivity index (χ0) is 10.7. The number of alkyl halides is 1. The van der Waals surface area contributed by atoms with Gasteiger partial charge in [-0.05, 0) is 5.53 Å². The van der Waals surface area contributed by atoms with Crippen LogP contribution in [0.15, 0.2) is 5.11 Å². The van der Waals surface area contributed by atoms with Crippen molar-refractivity contribution in [1.82, 2.24) is 0 Å². The number of hydrogen-bond acceptors (Lipinski definition) is 5. The molecule has 4 atom stereocenters. The Morgan fingerprint density at radius 2 is 2.43 bits per heavy atom. The molecule has 0 unspecified atom stereocenters. The van der Waals surface area contributed by atoms with Crippen molar-refractivity contribution < 1.29 is 19.7 Å². The molecule has 1 aliphatic heterocycles. The number of cyclic esters (lactones) is 1. The fraction of sp³-hybridized carbons (Fsp3) is 0.833. The van der Waals surface area contributed by atoms with Crippen LogP contribution in [0.5, 0.6) is 0 Å². The Labute approximate surface area is 87.4 Å². The number of carbonyl (C=O) groups is 1. The van der Waals surface area contributed by atoms with Crippen LogP contribution in [0.2, 0.25) is 0 Å². The molecule has 0 radical (unpaired) electrons. The maximum absolute atomic E-state index is 11.0. The van der Waals surface area contributed by atoms with Crippen LogP contribution in [0.1, 0.15) is 0 Å². The standard InChI is InChI=1S/C6H8BrN3O4/c7-1-2(11)5-4(12)3(9-10-8)6(13)14-5/h2-5,11-12H,1H2/t2-,3+,4-,5-/m1/s1. The van der Waals surface area contributed by atoms with Crippen molar-refractivity contribution in [2.24, 2.45) is 5.11 Å². The average molecular weight is 266 g/mol. The van der Waals surface area contributed by atoms with Crippen LogP contribution in [0, 0.1) is 0 Å². The van der Waals surface area contributed by atoms with E-state index in [9.17, 15) is 15.0 Å². The molecule has 0 aliphatic carbocycles. The zero-order valence-electron chi connectivity index (χ0n) is 6.95. The van der Waals surface area contributed by atoms with Crippen LogP contribution in [0.25, 0.3) is 10.4 Å². The smallest absolute Gasteiger partial charge is 0.318 e. The lowest BCUT2D eigenvalue weighted by Gasteiger charge is -2.17. The summed E-state index contributed by atoms with van der Waals surface area (Å²) in [5.41, 5.74) is 8.11. The molecule has 1 fully saturated rings. The molecule has 78 valence electrons. The molecule has 0 aromatic heterocycles. The number of halogens is 1. The summed E-state index contributed by atoms with van der Waals surface area (Å²) in [6, 6.07) is -1.27. The second-order valence-electron chi connectivity index (χ2n) is 2.76. The molecule has 0 amide bonds. The maximum atomic E-state index is 11.0. The predicted molar refractivity (Wildman–Crippen MR) is 48.6 cm³/mol. The van der Waals surface area contributed by atoms with Crippen molar-refractivity contribution in [3.8, 4) is 0 Å². The van der Waals surface area contributed by atoms with Crippen LogP contribution >= 0.6 is 15.9 Å². The SMILES string of the molecule is [N-]=[N+]=N[C@@H]1C(=O)O[C@H]([C@H](O)CBr)[C@@H]1O. The van der Waals surface area contributed by atoms with Gasteiger partial charge in [-0.3, -0.25) is 4.79 Å². The summed E-state index contributed by atoms with van der Waals surface area (Å²) in [6.07, 6.45) is -3.36. The normalized spacial score (nSPS) is 33.4. The van der Waals surface area contributed by atoms with Gasteiger partial charge < -0.3 is 14.9 Å². The highest BCUT2D eigenvalue weighted by Crippen LogP contribution is 2.22. The van der Waals surface area contributed by atoms with Crippen molar-refractivity contribution in [2.45, 2.75) is 24.4 Å². The number of nitrogens with zero attached hydrogens (tertiary/aromatic N) is 3. The molecule has 1 heterocycles. The summed E-state index contributed by atoms with van der Waals surface area (Å²) < 4.78 is 4.66. The quantitative estimate of drug-likeness (QED) is 0.240. The summed E-state index contributed by atoms with van der Waals surface area (Å²) in [7, 11) is 0. The molecule has 7 nitrogen and oxygen atoms in total. The Hall–Kier alpha value is -0.820. The Kier molecular flexibility index (Phi) is 3.70. The lowest BCUT2D eigenvalue weighted by Crippen LogP contribution is -2.38. The van der Waals surface area contributed by atoms with E-state index in [2.05, 4.69) is 30.7 Å². The van der Waals surface area contributed by atoms with E-state index in [0.717, 1.165) is 0 Å². The van der Waals surface area contributed by atoms with Crippen molar-refractivity contribution in [2.75, 3.05) is 5.33 Å². The Bertz CT molecular complexity index is 280. The van der Waals surface area contributed by atoms with Gasteiger partial charge in [-0.25, -0.2) is 0 Å². The summed E-state index contributed by atoms with van der Waals surface area (Å²) >= 11 is 2.98. The molecule has 8 heteroatoms. The van der Waals surface area contributed by atoms with Gasteiger partial charge in [0.05, 0.1) is 0 Å². The predicted octanol–water partition coefficient (Wildman–Crippen LogP) is -0.293. The summed E-state index contributed by atoms with van der Waals surface area (Å²) in [4.78, 5) is 13.4. The van der Waals surface area contributed by atoms with Gasteiger partial charge in [0.25, 0.3) is 0 Å². The lowest BCUT2D eigenvalue weighted by atomic mass is 10.1. The molecule has 1 saturated heterocycles. The van der Waals surface area contributed by atoms with Crippen LogP contribution in [0.4, 0.5) is 0 Å². The second-order valence-corrected chi connectivity index (χ2v) is 3.41. The highest BCUT2D eigenvalue weighted by atomic mass is 79.9. The minimum absolute atomic E-state index is 0.158. The first kappa shape index (κ1) is 11.3. The third-order valence-electron chi connectivity index (χ3n) is 1.87. The van der Waals surface area contributed by atoms with Gasteiger partial charge in [0.2, 0.25) is 0 Å². The number of azide groups is 1. The number of ether oxygens (including phenoxy) is 1. The number of rotatable bonds is 3. The van der Waals surface area contributed by atoms with Gasteiger partial charge in [-0.15, -0.1) is 0 Å². The molecule has 0 aromatic rings. The molecule has 2 N–H and O–H groups in total. The van der Waals surface area contributed by atoms with Crippen LogP contribution < -0.4 is 0 Å². The van der Waals surface area contributed by atoms with E-state index < -0.39 is 30.3 Å². The van der Waals surface area contributed by atoms with Crippen molar-refractivity contribution in [3.63, 3.8) is 0 Å². The summed E-state index contributed by atoms with van der Waals surface area (Å²) in [6.45, 7) is 0. The Morgan fingerprint density at radius 3 is 2.93 bits per heavy atom. The highest BCUT2D eigenvalue weighted by molar-refractivity contribution is 9.09. The maximum Gasteiger partial charge on any atom is 0.318 e. The van der Waals surface area contributed by atoms with E-state index >= 15 is 0 Å². The largest absolute Gasteiger partial charge is 0.456 e. The third-order valence-corrected chi connectivity index (χ3v) is 2.53. The molecule has 14 heavy (non-hydrogen) atoms. The Morgan fingerprint density at radius 1 is 1.79 bits per heavy atom. The molecular weight excluding hydrogens is 258 g/mol. The Balaban J connectivity index is 2.78. The average Bonchev–Trinajstić information content (AvgIpc) is 2.45. The number of carbonyl (C=O) groups excluding carboxylic acids is 1. The first-order valence-corrected chi connectivity index (χ1v) is 4.90. The van der Waals surface area contributed by atoms with Gasteiger partial charge >= 0.3 is 5.97 Å². The van der Waals surface area contributed by atoms with E-state index in [1.54, 1.807) is 0 Å². The fourth-order valence-electron chi connectivity index (χ4n) is 1.16. The van der Waals surface area contributed by atoms with E-state index in [4.69, 9.17) is 5.53 Å². The molecule has 0 bridgehead atoms. The molecule has 0 saturated carbocycles. The van der Waals surface area contributed by atoms with E-state index in [1.807, 2.05) is 0 Å². The first-order valence-electron chi connectivity index (χ1n) is 3.78. The van der Waals surface area contributed by atoms with E-state index in [-0.39, 0.29) is 5.33 Å². The van der Waals surface area contributed by atoms with Crippen LogP contribution in [0.3, 0.4) is 0 Å². The number of hydrogen-bond donors (Lipinski definition) is 2. The number of aliphatic hydroxyl groups is 2. The fourth-order valence-corrected chi connectivity index (χ4v) is 1.53. The van der Waals surface area contributed by atoms with Gasteiger partial charge in [-0.2, -0.15) is 0 Å². The monoisotopic (exact) mass is 265 g/mol. The van der Waals surface area contributed by atoms with E-state index in [0.29, 0.717) is 0 Å². The van der Waals surface area contributed by atoms with Gasteiger partial charge in [0, 0.05) is 10.2 Å². The summed E-state index contributed by atoms with van der Waals surface area (Å²) in [5.74, 6) is -0.819. The number of aliphatic hydroxyl groups excluding tert-OH is 2. The van der Waals surface area contributed by atoms with Gasteiger partial charge in [-0.1, -0.05) is 21.0 Å². The minimum Gasteiger partial charge on any atom is -0.456 e. The van der Waals surface area contributed by atoms with E-state index in [1.165, 1.54) is 0 Å². The van der Waals surface area contributed by atoms with Gasteiger partial charge in [0.1, 0.15) is 12.2 Å². The summed E-state index contributed by atoms with van der Waals surface area (Å²) in [5, 5.41) is 22.0. The van der Waals surface area contributed by atoms with Crippen molar-refractivity contribution >= 4 is 21.9 Å². The van der Waals surface area contributed by atoms with Gasteiger partial charge in [0.15, 0.2) is 12.1 Å². The third kappa shape index (κ3) is 1.98. The van der Waals surface area contributed by atoms with Crippen LogP contribution in [-0.2, 0) is 9.53 Å². The minimum atomic E-state index is -1.30. The highest BCUT2D eigenvalue weighted by Gasteiger charge is 2.46. The lowest BCUT2D eigenvalue weighted by molar-refractivity contribution is -0.146. The van der Waals surface area contributed by atoms with Crippen molar-refractivity contribution in [3.05, 3.63) is 10.4 Å². The second kappa shape index (κ2) is 4.61. The topological polar surface area (TPSA) is 116 Å². The van der Waals surface area contributed by atoms with Crippen LogP contribution in [-0.4, -0.2) is 45.9 Å². The molecular formula is C6H8BrN3O4. The first-order chi connectivity index (χ1) is 6.61. The molecule has 0 spiro atoms. The molecule has 1 aliphatic rings. The zero-order valence-corrected chi connectivity index (χ0v) is 8.53.